The minimum Gasteiger partial charge on any atom is -0.463 e. The number of allylic oxidation sites excluding steroid dienone is 2. The Labute approximate surface area is 180 Å². The molecule has 10 heteroatoms. The summed E-state index contributed by atoms with van der Waals surface area (Å²) < 4.78 is 10.1. The SMILES string of the molecule is C1COCCN1.CCOC(=O)C1=C(C)NC(S)=C(C#N)C1c1ccccc1[N+](=O)[O-]. The smallest absolute Gasteiger partial charge is 0.336 e. The Balaban J connectivity index is 0.000000456. The monoisotopic (exact) mass is 432 g/mol. The van der Waals surface area contributed by atoms with Crippen LogP contribution in [0.1, 0.15) is 25.3 Å². The molecule has 0 radical (unpaired) electrons. The van der Waals surface area contributed by atoms with E-state index in [1.54, 1.807) is 19.9 Å². The summed E-state index contributed by atoms with van der Waals surface area (Å²) in [6, 6.07) is 8.00. The van der Waals surface area contributed by atoms with E-state index in [1.807, 2.05) is 6.07 Å². The number of nitro benzene ring substituents is 1. The van der Waals surface area contributed by atoms with Crippen LogP contribution in [0.3, 0.4) is 0 Å². The predicted molar refractivity (Wildman–Crippen MR) is 114 cm³/mol. The number of ether oxygens (including phenoxy) is 2. The highest BCUT2D eigenvalue weighted by Gasteiger charge is 2.37. The molecule has 0 saturated carbocycles. The highest BCUT2D eigenvalue weighted by molar-refractivity contribution is 7.84. The van der Waals surface area contributed by atoms with Crippen molar-refractivity contribution in [2.75, 3.05) is 32.9 Å². The maximum atomic E-state index is 12.4. The molecule has 2 aliphatic rings. The van der Waals surface area contributed by atoms with Gasteiger partial charge in [-0.2, -0.15) is 5.26 Å². The van der Waals surface area contributed by atoms with Gasteiger partial charge in [0.1, 0.15) is 0 Å². The molecule has 3 rings (SSSR count). The summed E-state index contributed by atoms with van der Waals surface area (Å²) in [5.74, 6) is -1.54. The molecule has 1 aromatic rings. The topological polar surface area (TPSA) is 127 Å². The van der Waals surface area contributed by atoms with Crippen LogP contribution in [0.2, 0.25) is 0 Å². The van der Waals surface area contributed by atoms with Crippen molar-refractivity contribution in [3.05, 3.63) is 61.8 Å². The summed E-state index contributed by atoms with van der Waals surface area (Å²) in [6.45, 7) is 7.28. The predicted octanol–water partition coefficient (Wildman–Crippen LogP) is 2.39. The van der Waals surface area contributed by atoms with Crippen molar-refractivity contribution in [2.24, 2.45) is 0 Å². The Morgan fingerprint density at radius 3 is 2.57 bits per heavy atom. The molecule has 1 atom stereocenters. The van der Waals surface area contributed by atoms with Crippen molar-refractivity contribution in [2.45, 2.75) is 19.8 Å². The molecule has 0 spiro atoms. The molecular weight excluding hydrogens is 408 g/mol. The van der Waals surface area contributed by atoms with Crippen LogP contribution in [0.15, 0.2) is 46.1 Å². The first-order chi connectivity index (χ1) is 14.4. The normalized spacial score (nSPS) is 18.5. The molecule has 2 N–H and O–H groups in total. The van der Waals surface area contributed by atoms with E-state index in [4.69, 9.17) is 9.47 Å². The number of carbonyl (C=O) groups excluding carboxylic acids is 1. The minimum absolute atomic E-state index is 0.126. The van der Waals surface area contributed by atoms with Gasteiger partial charge >= 0.3 is 5.97 Å². The number of morpholine rings is 1. The van der Waals surface area contributed by atoms with Crippen LogP contribution in [0.4, 0.5) is 5.69 Å². The van der Waals surface area contributed by atoms with E-state index in [0.717, 1.165) is 26.3 Å². The number of hydrogen-bond donors (Lipinski definition) is 3. The van der Waals surface area contributed by atoms with Crippen molar-refractivity contribution in [1.82, 2.24) is 10.6 Å². The molecule has 1 saturated heterocycles. The fourth-order valence-electron chi connectivity index (χ4n) is 3.13. The molecule has 1 fully saturated rings. The first-order valence-corrected chi connectivity index (χ1v) is 9.87. The fraction of sp³-hybridized carbons (Fsp3) is 0.400. The highest BCUT2D eigenvalue weighted by Crippen LogP contribution is 2.42. The first kappa shape index (κ1) is 23.4. The number of benzene rings is 1. The summed E-state index contributed by atoms with van der Waals surface area (Å²) in [6.07, 6.45) is 0. The van der Waals surface area contributed by atoms with Crippen LogP contribution in [-0.2, 0) is 14.3 Å². The van der Waals surface area contributed by atoms with Crippen LogP contribution < -0.4 is 10.6 Å². The lowest BCUT2D eigenvalue weighted by Gasteiger charge is -2.27. The maximum Gasteiger partial charge on any atom is 0.336 e. The summed E-state index contributed by atoms with van der Waals surface area (Å²) in [5, 5.41) is 27.1. The molecule has 0 aliphatic carbocycles. The van der Waals surface area contributed by atoms with Crippen LogP contribution in [0.25, 0.3) is 0 Å². The second-order valence-electron chi connectivity index (χ2n) is 6.37. The van der Waals surface area contributed by atoms with Gasteiger partial charge in [-0.25, -0.2) is 4.79 Å². The first-order valence-electron chi connectivity index (χ1n) is 9.42. The summed E-state index contributed by atoms with van der Waals surface area (Å²) >= 11 is 4.24. The van der Waals surface area contributed by atoms with E-state index in [1.165, 1.54) is 18.2 Å². The Morgan fingerprint density at radius 1 is 1.40 bits per heavy atom. The summed E-state index contributed by atoms with van der Waals surface area (Å²) in [7, 11) is 0. The Kier molecular flexibility index (Phi) is 8.86. The lowest BCUT2D eigenvalue weighted by atomic mass is 9.82. The van der Waals surface area contributed by atoms with E-state index in [0.29, 0.717) is 5.70 Å². The van der Waals surface area contributed by atoms with Crippen molar-refractivity contribution in [3.8, 4) is 6.07 Å². The number of nitrogens with one attached hydrogen (secondary N) is 2. The summed E-state index contributed by atoms with van der Waals surface area (Å²) in [5.41, 5.74) is 0.810. The average Bonchev–Trinajstić information content (AvgIpc) is 2.75. The number of rotatable bonds is 4. The Bertz CT molecular complexity index is 891. The molecule has 0 aromatic heterocycles. The third-order valence-electron chi connectivity index (χ3n) is 4.45. The second-order valence-corrected chi connectivity index (χ2v) is 6.82. The van der Waals surface area contributed by atoms with Gasteiger partial charge < -0.3 is 20.1 Å². The second kappa shape index (κ2) is 11.3. The lowest BCUT2D eigenvalue weighted by Crippen LogP contribution is -2.30. The van der Waals surface area contributed by atoms with Crippen LogP contribution >= 0.6 is 12.6 Å². The molecule has 160 valence electrons. The molecule has 1 aromatic carbocycles. The van der Waals surface area contributed by atoms with Gasteiger partial charge in [-0.15, -0.1) is 12.6 Å². The number of nitro groups is 1. The van der Waals surface area contributed by atoms with E-state index in [2.05, 4.69) is 23.3 Å². The number of para-hydroxylation sites is 1. The largest absolute Gasteiger partial charge is 0.463 e. The van der Waals surface area contributed by atoms with Crippen molar-refractivity contribution >= 4 is 24.3 Å². The number of carbonyl (C=O) groups is 1. The average molecular weight is 433 g/mol. The van der Waals surface area contributed by atoms with Gasteiger partial charge in [-0.1, -0.05) is 18.2 Å². The quantitative estimate of drug-likeness (QED) is 0.287. The van der Waals surface area contributed by atoms with Gasteiger partial charge in [-0.3, -0.25) is 10.1 Å². The number of hydrogen-bond acceptors (Lipinski definition) is 9. The number of nitriles is 1. The van der Waals surface area contributed by atoms with Crippen molar-refractivity contribution < 1.29 is 19.2 Å². The number of thiol groups is 1. The zero-order valence-corrected chi connectivity index (χ0v) is 17.7. The number of nitrogens with zero attached hydrogens (tertiary/aromatic N) is 2. The lowest BCUT2D eigenvalue weighted by molar-refractivity contribution is -0.385. The molecule has 9 nitrogen and oxygen atoms in total. The molecule has 2 heterocycles. The van der Waals surface area contributed by atoms with Gasteiger partial charge in [0.2, 0.25) is 0 Å². The van der Waals surface area contributed by atoms with Gasteiger partial charge in [0.05, 0.1) is 52.9 Å². The zero-order valence-electron chi connectivity index (χ0n) is 16.8. The summed E-state index contributed by atoms with van der Waals surface area (Å²) in [4.78, 5) is 23.2. The molecule has 1 unspecified atom stereocenters. The molecule has 0 amide bonds. The Morgan fingerprint density at radius 2 is 2.07 bits per heavy atom. The van der Waals surface area contributed by atoms with Crippen LogP contribution in [-0.4, -0.2) is 43.8 Å². The fourth-order valence-corrected chi connectivity index (χ4v) is 3.48. The molecular formula is C20H24N4O5S. The van der Waals surface area contributed by atoms with E-state index in [9.17, 15) is 20.2 Å². The Hall–Kier alpha value is -2.87. The molecule has 2 aliphatic heterocycles. The van der Waals surface area contributed by atoms with Crippen LogP contribution in [0, 0.1) is 21.4 Å². The maximum absolute atomic E-state index is 12.4. The third-order valence-corrected chi connectivity index (χ3v) is 4.80. The standard InChI is InChI=1S/C16H15N3O4S.C4H9NO/c1-3-23-16(20)13-9(2)18-15(24)11(8-17)14(13)10-6-4-5-7-12(10)19(21)22;1-3-6-4-2-5-1/h4-7,14,18,24H,3H2,1-2H3;5H,1-4H2. The van der Waals surface area contributed by atoms with E-state index < -0.39 is 16.8 Å². The van der Waals surface area contributed by atoms with Gasteiger partial charge in [0.15, 0.2) is 0 Å². The van der Waals surface area contributed by atoms with Gasteiger partial charge in [0.25, 0.3) is 5.69 Å². The van der Waals surface area contributed by atoms with E-state index >= 15 is 0 Å². The van der Waals surface area contributed by atoms with Crippen molar-refractivity contribution in [1.29, 1.82) is 5.26 Å². The van der Waals surface area contributed by atoms with Crippen molar-refractivity contribution in [3.63, 3.8) is 0 Å². The molecule has 30 heavy (non-hydrogen) atoms. The minimum atomic E-state index is -0.913. The number of esters is 1. The van der Waals surface area contributed by atoms with Gasteiger partial charge in [-0.05, 0) is 13.8 Å². The van der Waals surface area contributed by atoms with E-state index in [-0.39, 0.29) is 34.0 Å². The molecule has 0 bridgehead atoms. The third kappa shape index (κ3) is 5.60. The van der Waals surface area contributed by atoms with Crippen LogP contribution in [0.5, 0.6) is 0 Å². The van der Waals surface area contributed by atoms with Gasteiger partial charge in [0, 0.05) is 30.4 Å². The highest BCUT2D eigenvalue weighted by atomic mass is 32.1. The zero-order chi connectivity index (χ0) is 22.1. The number of dihydropyridines is 1.